The maximum absolute atomic E-state index is 13.3. The highest BCUT2D eigenvalue weighted by atomic mass is 16.5. The molecule has 0 unspecified atom stereocenters. The van der Waals surface area contributed by atoms with E-state index in [1.165, 1.54) is 11.1 Å². The van der Waals surface area contributed by atoms with Gasteiger partial charge in [0.1, 0.15) is 12.1 Å². The lowest BCUT2D eigenvalue weighted by Crippen LogP contribution is -2.68. The van der Waals surface area contributed by atoms with E-state index in [4.69, 9.17) is 9.72 Å². The number of anilines is 1. The quantitative estimate of drug-likeness (QED) is 0.400. The fourth-order valence-corrected chi connectivity index (χ4v) is 7.13. The summed E-state index contributed by atoms with van der Waals surface area (Å²) in [6.45, 7) is 18.7. The Balaban J connectivity index is 1.16. The van der Waals surface area contributed by atoms with Crippen LogP contribution in [0.5, 0.6) is 0 Å². The Morgan fingerprint density at radius 1 is 1.12 bits per heavy atom. The molecule has 3 saturated heterocycles. The lowest BCUT2D eigenvalue weighted by molar-refractivity contribution is -0.191. The van der Waals surface area contributed by atoms with E-state index in [1.807, 2.05) is 4.52 Å². The Morgan fingerprint density at radius 2 is 1.90 bits per heavy atom. The van der Waals surface area contributed by atoms with Crippen LogP contribution in [0, 0.1) is 19.3 Å². The zero-order valence-electron chi connectivity index (χ0n) is 24.9. The van der Waals surface area contributed by atoms with Crippen LogP contribution in [0.3, 0.4) is 0 Å². The predicted octanol–water partition coefficient (Wildman–Crippen LogP) is 3.77. The van der Waals surface area contributed by atoms with E-state index < -0.39 is 0 Å². The third kappa shape index (κ3) is 4.22. The minimum Gasteiger partial charge on any atom is -0.380 e. The highest BCUT2D eigenvalue weighted by molar-refractivity contribution is 5.90. The van der Waals surface area contributed by atoms with Gasteiger partial charge >= 0.3 is 0 Å². The first-order valence-electron chi connectivity index (χ1n) is 14.8. The van der Waals surface area contributed by atoms with Crippen LogP contribution in [-0.4, -0.2) is 98.3 Å². The lowest BCUT2D eigenvalue weighted by atomic mass is 9.78. The third-order valence-corrected chi connectivity index (χ3v) is 9.53. The molecule has 10 nitrogen and oxygen atoms in total. The number of aryl methyl sites for hydroxylation is 1. The highest BCUT2D eigenvalue weighted by Crippen LogP contribution is 2.39. The summed E-state index contributed by atoms with van der Waals surface area (Å²) in [4.78, 5) is 33.4. The second kappa shape index (κ2) is 9.52. The number of carbonyl (C=O) groups excluding carboxylic acids is 1. The number of H-pyrrole nitrogens is 1. The normalized spacial score (nSPS) is 22.6. The summed E-state index contributed by atoms with van der Waals surface area (Å²) in [6, 6.07) is 4.56. The molecule has 0 saturated carbocycles. The topological polar surface area (TPSA) is 94.9 Å². The Hall–Kier alpha value is -3.50. The number of aromatic amines is 1. The molecule has 41 heavy (non-hydrogen) atoms. The van der Waals surface area contributed by atoms with Crippen molar-refractivity contribution in [2.45, 2.75) is 59.5 Å². The standard InChI is InChI=1S/C31H40N8O2/c1-18(2)27-28(23-11-39-30(32-17-33-39)22(6)21(23)5)34-24-7-8-25(35-29(24)27)37-9-20(4)38(10-19(37)3)26(40)12-36-13-31(14-36)15-41-16-31/h7-8,11,17-20,34H,9-10,12-16H2,1-6H3/t19-,20+/m1/s1. The Bertz CT molecular complexity index is 1640. The van der Waals surface area contributed by atoms with Crippen LogP contribution in [0.15, 0.2) is 24.7 Å². The predicted molar refractivity (Wildman–Crippen MR) is 159 cm³/mol. The van der Waals surface area contributed by atoms with Gasteiger partial charge in [-0.3, -0.25) is 9.69 Å². The molecule has 10 heteroatoms. The van der Waals surface area contributed by atoms with Crippen molar-refractivity contribution in [1.82, 2.24) is 34.4 Å². The molecule has 7 rings (SSSR count). The molecule has 3 fully saturated rings. The molecule has 0 aliphatic carbocycles. The minimum atomic E-state index is 0.116. The summed E-state index contributed by atoms with van der Waals surface area (Å²) in [5.41, 5.74) is 9.00. The van der Waals surface area contributed by atoms with Gasteiger partial charge in [-0.1, -0.05) is 13.8 Å². The van der Waals surface area contributed by atoms with E-state index in [0.29, 0.717) is 18.5 Å². The van der Waals surface area contributed by atoms with Crippen molar-refractivity contribution in [3.8, 4) is 11.3 Å². The molecule has 0 bridgehead atoms. The van der Waals surface area contributed by atoms with Gasteiger partial charge in [0.25, 0.3) is 0 Å². The number of carbonyl (C=O) groups is 1. The molecule has 3 aliphatic rings. The number of pyridine rings is 2. The van der Waals surface area contributed by atoms with Crippen molar-refractivity contribution in [3.63, 3.8) is 0 Å². The SMILES string of the molecule is Cc1c(-c2[nH]c3ccc(N4C[C@H](C)N(C(=O)CN5CC6(COC6)C5)C[C@H]4C)nc3c2C(C)C)cn2ncnc2c1C. The maximum atomic E-state index is 13.3. The zero-order chi connectivity index (χ0) is 28.6. The average Bonchev–Trinajstić information content (AvgIpc) is 3.52. The third-order valence-electron chi connectivity index (χ3n) is 9.53. The largest absolute Gasteiger partial charge is 0.380 e. The zero-order valence-corrected chi connectivity index (χ0v) is 24.9. The highest BCUT2D eigenvalue weighted by Gasteiger charge is 2.49. The number of nitrogens with one attached hydrogen (secondary N) is 1. The van der Waals surface area contributed by atoms with Crippen LogP contribution in [0.1, 0.15) is 50.3 Å². The lowest BCUT2D eigenvalue weighted by Gasteiger charge is -2.55. The molecule has 0 radical (unpaired) electrons. The number of hydrogen-bond acceptors (Lipinski definition) is 7. The van der Waals surface area contributed by atoms with Crippen LogP contribution in [-0.2, 0) is 9.53 Å². The second-order valence-corrected chi connectivity index (χ2v) is 13.0. The smallest absolute Gasteiger partial charge is 0.237 e. The van der Waals surface area contributed by atoms with Gasteiger partial charge in [0.15, 0.2) is 5.65 Å². The van der Waals surface area contributed by atoms with Crippen molar-refractivity contribution in [2.75, 3.05) is 50.8 Å². The molecule has 3 aliphatic heterocycles. The summed E-state index contributed by atoms with van der Waals surface area (Å²) in [7, 11) is 0. The van der Waals surface area contributed by atoms with Gasteiger partial charge in [0, 0.05) is 61.0 Å². The summed E-state index contributed by atoms with van der Waals surface area (Å²) >= 11 is 0. The number of rotatable bonds is 5. The van der Waals surface area contributed by atoms with Gasteiger partial charge in [-0.05, 0) is 56.9 Å². The monoisotopic (exact) mass is 556 g/mol. The van der Waals surface area contributed by atoms with Crippen LogP contribution in [0.4, 0.5) is 5.82 Å². The molecule has 1 spiro atoms. The molecular weight excluding hydrogens is 516 g/mol. The van der Waals surface area contributed by atoms with Crippen molar-refractivity contribution in [2.24, 2.45) is 5.41 Å². The number of likely N-dealkylation sites (tertiary alicyclic amines) is 1. The summed E-state index contributed by atoms with van der Waals surface area (Å²) in [6.07, 6.45) is 3.68. The van der Waals surface area contributed by atoms with Crippen LogP contribution < -0.4 is 4.90 Å². The average molecular weight is 557 g/mol. The first-order chi connectivity index (χ1) is 19.6. The van der Waals surface area contributed by atoms with Gasteiger partial charge < -0.3 is 19.5 Å². The van der Waals surface area contributed by atoms with Crippen LogP contribution >= 0.6 is 0 Å². The Labute approximate surface area is 240 Å². The fraction of sp³-hybridized carbons (Fsp3) is 0.548. The van der Waals surface area contributed by atoms with Crippen molar-refractivity contribution in [1.29, 1.82) is 0 Å². The molecule has 4 aromatic rings. The molecule has 216 valence electrons. The van der Waals surface area contributed by atoms with Gasteiger partial charge in [-0.25, -0.2) is 14.5 Å². The van der Waals surface area contributed by atoms with Gasteiger partial charge in [-0.15, -0.1) is 0 Å². The number of fused-ring (bicyclic) bond motifs is 2. The second-order valence-electron chi connectivity index (χ2n) is 13.0. The van der Waals surface area contributed by atoms with E-state index in [9.17, 15) is 4.79 Å². The van der Waals surface area contributed by atoms with Crippen molar-refractivity contribution in [3.05, 3.63) is 41.3 Å². The molecule has 7 heterocycles. The van der Waals surface area contributed by atoms with Gasteiger partial charge in [-0.2, -0.15) is 5.10 Å². The van der Waals surface area contributed by atoms with Gasteiger partial charge in [0.05, 0.1) is 36.5 Å². The van der Waals surface area contributed by atoms with E-state index >= 15 is 0 Å². The molecule has 1 N–H and O–H groups in total. The summed E-state index contributed by atoms with van der Waals surface area (Å²) in [5.74, 6) is 1.46. The Morgan fingerprint density at radius 3 is 2.61 bits per heavy atom. The van der Waals surface area contributed by atoms with Crippen molar-refractivity contribution < 1.29 is 9.53 Å². The number of amides is 1. The number of hydrogen-bond donors (Lipinski definition) is 1. The fourth-order valence-electron chi connectivity index (χ4n) is 7.13. The van der Waals surface area contributed by atoms with Crippen LogP contribution in [0.2, 0.25) is 0 Å². The molecule has 4 aromatic heterocycles. The Kier molecular flexibility index (Phi) is 6.13. The van der Waals surface area contributed by atoms with E-state index in [0.717, 1.165) is 72.2 Å². The number of aromatic nitrogens is 5. The number of ether oxygens (including phenoxy) is 1. The first-order valence-corrected chi connectivity index (χ1v) is 14.8. The summed E-state index contributed by atoms with van der Waals surface area (Å²) < 4.78 is 7.25. The first kappa shape index (κ1) is 26.4. The molecule has 2 atom stereocenters. The van der Waals surface area contributed by atoms with E-state index in [2.05, 4.69) is 89.6 Å². The van der Waals surface area contributed by atoms with E-state index in [1.54, 1.807) is 6.33 Å². The molecule has 1 amide bonds. The van der Waals surface area contributed by atoms with Crippen LogP contribution in [0.25, 0.3) is 27.9 Å². The van der Waals surface area contributed by atoms with Gasteiger partial charge in [0.2, 0.25) is 5.91 Å². The summed E-state index contributed by atoms with van der Waals surface area (Å²) in [5, 5.41) is 4.41. The number of piperazine rings is 1. The maximum Gasteiger partial charge on any atom is 0.237 e. The molecule has 0 aromatic carbocycles. The molecular formula is C31H40N8O2. The van der Waals surface area contributed by atoms with Crippen molar-refractivity contribution >= 4 is 28.4 Å². The minimum absolute atomic E-state index is 0.116. The van der Waals surface area contributed by atoms with E-state index in [-0.39, 0.29) is 23.9 Å². The number of nitrogens with zero attached hydrogens (tertiary/aromatic N) is 7.